The zero-order valence-corrected chi connectivity index (χ0v) is 19.8. The minimum absolute atomic E-state index is 0.0194. The lowest BCUT2D eigenvalue weighted by molar-refractivity contribution is -0.138. The molecule has 0 amide bonds. The Hall–Kier alpha value is -3.80. The molecule has 12 heteroatoms. The average Bonchev–Trinajstić information content (AvgIpc) is 3.24. The zero-order chi connectivity index (χ0) is 26.1. The predicted molar refractivity (Wildman–Crippen MR) is 126 cm³/mol. The standard InChI is InChI=1S/C24H22F3N3O5S/c1-29-18(11-12-28-29)7-5-16-6-9-22-21(13-16)30(15-19(35-22)8-10-23(31)32)36(33,34)20-4-2-3-17(14-20)24(25,26)27/h2-7,9,11-14,19H,8,10,15H2,1H3,(H,31,32). The molecule has 0 saturated heterocycles. The summed E-state index contributed by atoms with van der Waals surface area (Å²) in [7, 11) is -2.68. The van der Waals surface area contributed by atoms with Gasteiger partial charge in [0, 0.05) is 19.7 Å². The number of ether oxygens (including phenoxy) is 1. The van der Waals surface area contributed by atoms with E-state index in [0.717, 1.165) is 28.2 Å². The molecular weight excluding hydrogens is 499 g/mol. The average molecular weight is 522 g/mol. The summed E-state index contributed by atoms with van der Waals surface area (Å²) in [6.07, 6.45) is -0.620. The number of anilines is 1. The van der Waals surface area contributed by atoms with E-state index in [2.05, 4.69) is 5.10 Å². The highest BCUT2D eigenvalue weighted by Gasteiger charge is 2.37. The number of nitrogens with zero attached hydrogens (tertiary/aromatic N) is 3. The second kappa shape index (κ2) is 9.69. The molecule has 8 nitrogen and oxygen atoms in total. The van der Waals surface area contributed by atoms with Gasteiger partial charge in [-0.05, 0) is 54.5 Å². The quantitative estimate of drug-likeness (QED) is 0.494. The van der Waals surface area contributed by atoms with Crippen molar-refractivity contribution in [2.75, 3.05) is 10.8 Å². The van der Waals surface area contributed by atoms with E-state index in [9.17, 15) is 26.4 Å². The van der Waals surface area contributed by atoms with Crippen LogP contribution in [0, 0.1) is 0 Å². The Morgan fingerprint density at radius 1 is 1.19 bits per heavy atom. The van der Waals surface area contributed by atoms with E-state index < -0.39 is 38.7 Å². The Labute approximate surface area is 205 Å². The fraction of sp³-hybridized carbons (Fsp3) is 0.250. The van der Waals surface area contributed by atoms with E-state index in [1.54, 1.807) is 54.3 Å². The van der Waals surface area contributed by atoms with E-state index in [1.807, 2.05) is 0 Å². The van der Waals surface area contributed by atoms with Crippen LogP contribution in [-0.4, -0.2) is 41.9 Å². The molecule has 1 unspecified atom stereocenters. The van der Waals surface area contributed by atoms with Crippen molar-refractivity contribution >= 4 is 33.8 Å². The van der Waals surface area contributed by atoms with Gasteiger partial charge in [-0.2, -0.15) is 18.3 Å². The van der Waals surface area contributed by atoms with Crippen LogP contribution in [0.1, 0.15) is 29.7 Å². The maximum Gasteiger partial charge on any atom is 0.416 e. The molecule has 0 saturated carbocycles. The van der Waals surface area contributed by atoms with E-state index in [4.69, 9.17) is 9.84 Å². The third kappa shape index (κ3) is 5.38. The Bertz CT molecular complexity index is 1420. The molecule has 1 aromatic heterocycles. The lowest BCUT2D eigenvalue weighted by Crippen LogP contribution is -2.43. The highest BCUT2D eigenvalue weighted by Crippen LogP contribution is 2.40. The number of rotatable bonds is 7. The van der Waals surface area contributed by atoms with Gasteiger partial charge in [-0.1, -0.05) is 18.2 Å². The molecule has 36 heavy (non-hydrogen) atoms. The first-order valence-electron chi connectivity index (χ1n) is 10.8. The minimum Gasteiger partial charge on any atom is -0.486 e. The smallest absolute Gasteiger partial charge is 0.416 e. The van der Waals surface area contributed by atoms with Crippen LogP contribution >= 0.6 is 0 Å². The number of aliphatic carboxylic acids is 1. The summed E-state index contributed by atoms with van der Waals surface area (Å²) >= 11 is 0. The van der Waals surface area contributed by atoms with E-state index >= 15 is 0 Å². The number of aromatic nitrogens is 2. The number of hydrogen-bond acceptors (Lipinski definition) is 5. The highest BCUT2D eigenvalue weighted by atomic mass is 32.2. The summed E-state index contributed by atoms with van der Waals surface area (Å²) < 4.78 is 75.4. The monoisotopic (exact) mass is 521 g/mol. The first-order chi connectivity index (χ1) is 16.9. The van der Waals surface area contributed by atoms with Gasteiger partial charge < -0.3 is 9.84 Å². The van der Waals surface area contributed by atoms with E-state index in [1.165, 1.54) is 0 Å². The van der Waals surface area contributed by atoms with Crippen LogP contribution in [0.5, 0.6) is 5.75 Å². The van der Waals surface area contributed by atoms with E-state index in [0.29, 0.717) is 11.6 Å². The molecular formula is C24H22F3N3O5S. The molecule has 1 aliphatic rings. The molecule has 1 N–H and O–H groups in total. The van der Waals surface area contributed by atoms with Crippen molar-refractivity contribution in [1.82, 2.24) is 9.78 Å². The molecule has 0 radical (unpaired) electrons. The normalized spacial score (nSPS) is 16.1. The fourth-order valence-electron chi connectivity index (χ4n) is 3.78. The summed E-state index contributed by atoms with van der Waals surface area (Å²) in [5.41, 5.74) is 0.469. The number of fused-ring (bicyclic) bond motifs is 1. The SMILES string of the molecule is Cn1nccc1C=Cc1ccc2c(c1)N(S(=O)(=O)c1cccc(C(F)(F)F)c1)CC(CCC(=O)O)O2. The number of carbonyl (C=O) groups is 1. The van der Waals surface area contributed by atoms with Crippen molar-refractivity contribution in [2.45, 2.75) is 30.0 Å². The van der Waals surface area contributed by atoms with Crippen LogP contribution in [0.4, 0.5) is 18.9 Å². The van der Waals surface area contributed by atoms with Crippen LogP contribution < -0.4 is 9.04 Å². The molecule has 0 aliphatic carbocycles. The van der Waals surface area contributed by atoms with Gasteiger partial charge in [0.05, 0.1) is 28.4 Å². The van der Waals surface area contributed by atoms with Crippen molar-refractivity contribution in [3.8, 4) is 5.75 Å². The molecule has 2 heterocycles. The Balaban J connectivity index is 1.75. The van der Waals surface area contributed by atoms with Crippen LogP contribution in [-0.2, 0) is 28.0 Å². The van der Waals surface area contributed by atoms with Gasteiger partial charge in [-0.15, -0.1) is 0 Å². The minimum atomic E-state index is -4.72. The molecule has 1 aliphatic heterocycles. The van der Waals surface area contributed by atoms with Crippen molar-refractivity contribution in [3.05, 3.63) is 71.5 Å². The fourth-order valence-corrected chi connectivity index (χ4v) is 5.33. The van der Waals surface area contributed by atoms with Crippen molar-refractivity contribution in [2.24, 2.45) is 7.05 Å². The number of sulfonamides is 1. The highest BCUT2D eigenvalue weighted by molar-refractivity contribution is 7.92. The maximum absolute atomic E-state index is 13.6. The lowest BCUT2D eigenvalue weighted by Gasteiger charge is -2.35. The Kier molecular flexibility index (Phi) is 6.81. The van der Waals surface area contributed by atoms with Crippen LogP contribution in [0.25, 0.3) is 12.2 Å². The van der Waals surface area contributed by atoms with Gasteiger partial charge >= 0.3 is 12.1 Å². The van der Waals surface area contributed by atoms with Gasteiger partial charge in [-0.3, -0.25) is 13.8 Å². The first-order valence-corrected chi connectivity index (χ1v) is 12.3. The molecule has 2 aromatic carbocycles. The third-order valence-electron chi connectivity index (χ3n) is 5.65. The largest absolute Gasteiger partial charge is 0.486 e. The molecule has 4 rings (SSSR count). The summed E-state index contributed by atoms with van der Waals surface area (Å²) in [4.78, 5) is 10.5. The first kappa shape index (κ1) is 25.3. The summed E-state index contributed by atoms with van der Waals surface area (Å²) in [6, 6.07) is 10.1. The van der Waals surface area contributed by atoms with Gasteiger partial charge in [0.1, 0.15) is 11.9 Å². The number of aryl methyl sites for hydroxylation is 1. The second-order valence-electron chi connectivity index (χ2n) is 8.17. The number of hydrogen-bond donors (Lipinski definition) is 1. The predicted octanol–water partition coefficient (Wildman–Crippen LogP) is 4.43. The second-order valence-corrected chi connectivity index (χ2v) is 10.0. The van der Waals surface area contributed by atoms with Crippen LogP contribution in [0.3, 0.4) is 0 Å². The molecule has 1 atom stereocenters. The summed E-state index contributed by atoms with van der Waals surface area (Å²) in [5, 5.41) is 13.1. The molecule has 0 spiro atoms. The number of halogens is 3. The number of benzene rings is 2. The Morgan fingerprint density at radius 2 is 1.97 bits per heavy atom. The lowest BCUT2D eigenvalue weighted by atomic mass is 10.1. The molecule has 0 bridgehead atoms. The Morgan fingerprint density at radius 3 is 2.64 bits per heavy atom. The van der Waals surface area contributed by atoms with Gasteiger partial charge in [0.25, 0.3) is 10.0 Å². The van der Waals surface area contributed by atoms with Crippen LogP contribution in [0.2, 0.25) is 0 Å². The summed E-state index contributed by atoms with van der Waals surface area (Å²) in [6.45, 7) is -0.256. The topological polar surface area (TPSA) is 102 Å². The number of alkyl halides is 3. The van der Waals surface area contributed by atoms with Crippen molar-refractivity contribution < 1.29 is 36.2 Å². The van der Waals surface area contributed by atoms with Gasteiger partial charge in [0.15, 0.2) is 0 Å². The van der Waals surface area contributed by atoms with Gasteiger partial charge in [0.2, 0.25) is 0 Å². The molecule has 190 valence electrons. The van der Waals surface area contributed by atoms with Crippen molar-refractivity contribution in [3.63, 3.8) is 0 Å². The summed E-state index contributed by atoms with van der Waals surface area (Å²) in [5.74, 6) is -0.891. The van der Waals surface area contributed by atoms with Crippen molar-refractivity contribution in [1.29, 1.82) is 0 Å². The molecule has 0 fully saturated rings. The van der Waals surface area contributed by atoms with Crippen LogP contribution in [0.15, 0.2) is 59.6 Å². The van der Waals surface area contributed by atoms with E-state index in [-0.39, 0.29) is 30.8 Å². The third-order valence-corrected chi connectivity index (χ3v) is 7.43. The van der Waals surface area contributed by atoms with Gasteiger partial charge in [-0.25, -0.2) is 8.42 Å². The number of carboxylic acid groups (broad SMARTS) is 1. The molecule has 3 aromatic rings. The number of carboxylic acids is 1. The zero-order valence-electron chi connectivity index (χ0n) is 19.0. The maximum atomic E-state index is 13.6.